The van der Waals surface area contributed by atoms with Gasteiger partial charge in [-0.25, -0.2) is 9.78 Å². The lowest BCUT2D eigenvalue weighted by Gasteiger charge is -2.04. The quantitative estimate of drug-likeness (QED) is 0.512. The Labute approximate surface area is 129 Å². The number of thiazole rings is 1. The third-order valence-corrected chi connectivity index (χ3v) is 5.27. The first-order chi connectivity index (χ1) is 9.90. The third kappa shape index (κ3) is 3.40. The summed E-state index contributed by atoms with van der Waals surface area (Å²) >= 11 is 2.50. The summed E-state index contributed by atoms with van der Waals surface area (Å²) in [5.41, 5.74) is 2.06. The second-order valence-corrected chi connectivity index (χ2v) is 6.53. The van der Waals surface area contributed by atoms with Gasteiger partial charge >= 0.3 is 5.97 Å². The number of nitro benzene ring substituents is 1. The fourth-order valence-corrected chi connectivity index (χ4v) is 3.89. The number of aromatic carboxylic acids is 1. The molecule has 0 atom stereocenters. The van der Waals surface area contributed by atoms with Gasteiger partial charge in [0.05, 0.1) is 10.6 Å². The Balaban J connectivity index is 2.17. The zero-order valence-electron chi connectivity index (χ0n) is 11.3. The third-order valence-electron chi connectivity index (χ3n) is 2.94. The van der Waals surface area contributed by atoms with Gasteiger partial charge in [-0.15, -0.1) is 11.3 Å². The monoisotopic (exact) mass is 324 g/mol. The number of thioether (sulfide) groups is 1. The molecule has 0 aliphatic heterocycles. The van der Waals surface area contributed by atoms with Crippen LogP contribution in [0.2, 0.25) is 0 Å². The molecule has 1 heterocycles. The minimum absolute atomic E-state index is 0.0923. The van der Waals surface area contributed by atoms with Gasteiger partial charge in [-0.3, -0.25) is 10.1 Å². The van der Waals surface area contributed by atoms with Gasteiger partial charge in [0.1, 0.15) is 4.88 Å². The van der Waals surface area contributed by atoms with Gasteiger partial charge in [0.15, 0.2) is 4.34 Å². The lowest BCUT2D eigenvalue weighted by atomic mass is 10.1. The molecule has 2 rings (SSSR count). The van der Waals surface area contributed by atoms with E-state index in [-0.39, 0.29) is 10.6 Å². The molecule has 8 heteroatoms. The van der Waals surface area contributed by atoms with Gasteiger partial charge in [0.25, 0.3) is 5.69 Å². The van der Waals surface area contributed by atoms with E-state index in [1.807, 2.05) is 6.07 Å². The Morgan fingerprint density at radius 3 is 2.76 bits per heavy atom. The van der Waals surface area contributed by atoms with E-state index in [1.165, 1.54) is 17.8 Å². The second kappa shape index (κ2) is 6.23. The number of hydrogen-bond acceptors (Lipinski definition) is 6. The van der Waals surface area contributed by atoms with Crippen molar-refractivity contribution in [2.75, 3.05) is 0 Å². The summed E-state index contributed by atoms with van der Waals surface area (Å²) in [6, 6.07) is 4.95. The SMILES string of the molecule is Cc1nc(SCc2cccc([N+](=O)[O-])c2C)sc1C(=O)O. The highest BCUT2D eigenvalue weighted by Crippen LogP contribution is 2.32. The molecule has 0 unspecified atom stereocenters. The van der Waals surface area contributed by atoms with E-state index in [0.29, 0.717) is 21.3 Å². The molecule has 0 spiro atoms. The molecule has 0 bridgehead atoms. The van der Waals surface area contributed by atoms with Gasteiger partial charge in [-0.2, -0.15) is 0 Å². The molecular formula is C13H12N2O4S2. The van der Waals surface area contributed by atoms with Crippen molar-refractivity contribution in [1.82, 2.24) is 4.98 Å². The number of nitrogens with zero attached hydrogens (tertiary/aromatic N) is 2. The van der Waals surface area contributed by atoms with Crippen LogP contribution in [-0.2, 0) is 5.75 Å². The van der Waals surface area contributed by atoms with E-state index in [0.717, 1.165) is 16.9 Å². The predicted octanol–water partition coefficient (Wildman–Crippen LogP) is 3.66. The summed E-state index contributed by atoms with van der Waals surface area (Å²) < 4.78 is 0.649. The maximum Gasteiger partial charge on any atom is 0.347 e. The normalized spacial score (nSPS) is 10.6. The summed E-state index contributed by atoms with van der Waals surface area (Å²) in [7, 11) is 0. The topological polar surface area (TPSA) is 93.3 Å². The van der Waals surface area contributed by atoms with Crippen molar-refractivity contribution in [1.29, 1.82) is 0 Å². The van der Waals surface area contributed by atoms with Crippen LogP contribution in [-0.4, -0.2) is 21.0 Å². The van der Waals surface area contributed by atoms with Crippen molar-refractivity contribution < 1.29 is 14.8 Å². The molecular weight excluding hydrogens is 312 g/mol. The Kier molecular flexibility index (Phi) is 4.59. The van der Waals surface area contributed by atoms with Gasteiger partial charge in [0, 0.05) is 17.4 Å². The maximum absolute atomic E-state index is 11.0. The molecule has 21 heavy (non-hydrogen) atoms. The van der Waals surface area contributed by atoms with Gasteiger partial charge < -0.3 is 5.11 Å². The van der Waals surface area contributed by atoms with Gasteiger partial charge in [-0.05, 0) is 19.4 Å². The van der Waals surface area contributed by atoms with Crippen LogP contribution >= 0.6 is 23.1 Å². The fourth-order valence-electron chi connectivity index (χ4n) is 1.80. The van der Waals surface area contributed by atoms with E-state index in [2.05, 4.69) is 4.98 Å². The molecule has 0 saturated heterocycles. The number of carboxylic acids is 1. The number of aromatic nitrogens is 1. The number of rotatable bonds is 5. The molecule has 0 saturated carbocycles. The average molecular weight is 324 g/mol. The van der Waals surface area contributed by atoms with Gasteiger partial charge in [0.2, 0.25) is 0 Å². The number of benzene rings is 1. The Morgan fingerprint density at radius 2 is 2.19 bits per heavy atom. The number of aryl methyl sites for hydroxylation is 1. The zero-order chi connectivity index (χ0) is 15.6. The van der Waals surface area contributed by atoms with Crippen molar-refractivity contribution in [2.45, 2.75) is 23.9 Å². The summed E-state index contributed by atoms with van der Waals surface area (Å²) in [6.45, 7) is 3.37. The molecule has 0 aliphatic carbocycles. The van der Waals surface area contributed by atoms with Crippen LogP contribution in [0.3, 0.4) is 0 Å². The zero-order valence-corrected chi connectivity index (χ0v) is 13.0. The largest absolute Gasteiger partial charge is 0.477 e. The van der Waals surface area contributed by atoms with Crippen molar-refractivity contribution in [3.63, 3.8) is 0 Å². The van der Waals surface area contributed by atoms with Crippen LogP contribution in [0.5, 0.6) is 0 Å². The maximum atomic E-state index is 11.0. The Hall–Kier alpha value is -1.93. The molecule has 2 aromatic rings. The highest BCUT2D eigenvalue weighted by Gasteiger charge is 2.16. The predicted molar refractivity (Wildman–Crippen MR) is 81.2 cm³/mol. The second-order valence-electron chi connectivity index (χ2n) is 4.31. The summed E-state index contributed by atoms with van der Waals surface area (Å²) in [5, 5.41) is 19.9. The minimum atomic E-state index is -0.983. The molecule has 6 nitrogen and oxygen atoms in total. The van der Waals surface area contributed by atoms with Gasteiger partial charge in [-0.1, -0.05) is 23.9 Å². The van der Waals surface area contributed by atoms with E-state index >= 15 is 0 Å². The highest BCUT2D eigenvalue weighted by molar-refractivity contribution is 8.00. The average Bonchev–Trinajstić information content (AvgIpc) is 2.78. The van der Waals surface area contributed by atoms with Crippen LogP contribution in [0.4, 0.5) is 5.69 Å². The molecule has 1 aromatic carbocycles. The molecule has 0 aliphatic rings. The van der Waals surface area contributed by atoms with E-state index in [9.17, 15) is 14.9 Å². The Morgan fingerprint density at radius 1 is 1.48 bits per heavy atom. The molecule has 1 aromatic heterocycles. The number of hydrogen-bond donors (Lipinski definition) is 1. The first-order valence-corrected chi connectivity index (χ1v) is 7.76. The smallest absolute Gasteiger partial charge is 0.347 e. The number of carbonyl (C=O) groups is 1. The standard InChI is InChI=1S/C13H12N2O4S2/c1-7-9(4-3-5-10(7)15(18)19)6-20-13-14-8(2)11(21-13)12(16)17/h3-5H,6H2,1-2H3,(H,16,17). The van der Waals surface area contributed by atoms with Crippen LogP contribution in [0, 0.1) is 24.0 Å². The fraction of sp³-hybridized carbons (Fsp3) is 0.231. The molecule has 110 valence electrons. The van der Waals surface area contributed by atoms with Crippen molar-refractivity contribution in [3.05, 3.63) is 50.0 Å². The van der Waals surface area contributed by atoms with Crippen LogP contribution < -0.4 is 0 Å². The molecule has 0 radical (unpaired) electrons. The Bertz CT molecular complexity index is 712. The number of nitro groups is 1. The number of carboxylic acid groups (broad SMARTS) is 1. The van der Waals surface area contributed by atoms with E-state index < -0.39 is 10.9 Å². The summed E-state index contributed by atoms with van der Waals surface area (Å²) in [4.78, 5) is 25.9. The van der Waals surface area contributed by atoms with Crippen molar-refractivity contribution in [2.24, 2.45) is 0 Å². The van der Waals surface area contributed by atoms with Crippen LogP contribution in [0.25, 0.3) is 0 Å². The van der Waals surface area contributed by atoms with Crippen molar-refractivity contribution >= 4 is 34.8 Å². The first kappa shape index (κ1) is 15.5. The van der Waals surface area contributed by atoms with Crippen LogP contribution in [0.1, 0.15) is 26.5 Å². The summed E-state index contributed by atoms with van der Waals surface area (Å²) in [6.07, 6.45) is 0. The summed E-state index contributed by atoms with van der Waals surface area (Å²) in [5.74, 6) is -0.470. The van der Waals surface area contributed by atoms with E-state index in [1.54, 1.807) is 19.9 Å². The highest BCUT2D eigenvalue weighted by atomic mass is 32.2. The lowest BCUT2D eigenvalue weighted by molar-refractivity contribution is -0.385. The molecule has 0 amide bonds. The minimum Gasteiger partial charge on any atom is -0.477 e. The van der Waals surface area contributed by atoms with E-state index in [4.69, 9.17) is 5.11 Å². The lowest BCUT2D eigenvalue weighted by Crippen LogP contribution is -1.95. The first-order valence-electron chi connectivity index (χ1n) is 5.96. The van der Waals surface area contributed by atoms with Crippen molar-refractivity contribution in [3.8, 4) is 0 Å². The molecule has 0 fully saturated rings. The molecule has 1 N–H and O–H groups in total. The van der Waals surface area contributed by atoms with Crippen LogP contribution in [0.15, 0.2) is 22.5 Å².